The van der Waals surface area contributed by atoms with Crippen LogP contribution in [-0.2, 0) is 35.2 Å². The number of rotatable bonds is 15. The summed E-state index contributed by atoms with van der Waals surface area (Å²) in [7, 11) is 0. The van der Waals surface area contributed by atoms with Gasteiger partial charge < -0.3 is 41.9 Å². The van der Waals surface area contributed by atoms with Crippen molar-refractivity contribution in [2.24, 2.45) is 5.73 Å². The van der Waals surface area contributed by atoms with Gasteiger partial charge in [-0.15, -0.1) is 0 Å². The summed E-state index contributed by atoms with van der Waals surface area (Å²) >= 11 is 1.44. The first kappa shape index (κ1) is 32.4. The molecule has 220 valence electrons. The number of carbonyl (C=O) groups excluding carboxylic acids is 4. The summed E-state index contributed by atoms with van der Waals surface area (Å²) in [6.45, 7) is -0.340. The van der Waals surface area contributed by atoms with Crippen molar-refractivity contribution in [3.05, 3.63) is 29.8 Å². The van der Waals surface area contributed by atoms with Crippen molar-refractivity contribution >= 4 is 47.3 Å². The molecule has 4 amide bonds. The van der Waals surface area contributed by atoms with Gasteiger partial charge in [-0.3, -0.25) is 24.0 Å². The average molecular weight is 582 g/mol. The topological polar surface area (TPSA) is 228 Å². The van der Waals surface area contributed by atoms with Crippen LogP contribution in [0.2, 0.25) is 0 Å². The van der Waals surface area contributed by atoms with E-state index in [0.29, 0.717) is 24.2 Å². The number of aromatic hydroxyl groups is 1. The largest absolute Gasteiger partial charge is 0.508 e. The summed E-state index contributed by atoms with van der Waals surface area (Å²) in [6, 6.07) is 1.31. The molecule has 0 aromatic heterocycles. The second kappa shape index (κ2) is 15.7. The molecule has 8 N–H and O–H groups in total. The van der Waals surface area contributed by atoms with E-state index in [1.54, 1.807) is 12.1 Å². The molecule has 0 bridgehead atoms. The fourth-order valence-corrected chi connectivity index (χ4v) is 4.63. The number of carboxylic acid groups (broad SMARTS) is 2. The molecule has 15 heteroatoms. The van der Waals surface area contributed by atoms with Crippen molar-refractivity contribution < 1.29 is 44.1 Å². The molecule has 4 atom stereocenters. The van der Waals surface area contributed by atoms with Crippen LogP contribution in [0.5, 0.6) is 5.75 Å². The maximum atomic E-state index is 13.4. The van der Waals surface area contributed by atoms with E-state index in [1.165, 1.54) is 28.8 Å². The highest BCUT2D eigenvalue weighted by molar-refractivity contribution is 7.98. The first-order chi connectivity index (χ1) is 18.9. The molecule has 0 spiro atoms. The number of phenolic OH excluding ortho intramolecular Hbond substituents is 1. The number of carbonyl (C=O) groups is 6. The quantitative estimate of drug-likeness (QED) is 0.128. The number of hydrogen-bond acceptors (Lipinski definition) is 9. The van der Waals surface area contributed by atoms with E-state index in [1.807, 2.05) is 6.26 Å². The van der Waals surface area contributed by atoms with Gasteiger partial charge in [0.25, 0.3) is 0 Å². The summed E-state index contributed by atoms with van der Waals surface area (Å²) in [5.74, 6) is -4.78. The van der Waals surface area contributed by atoms with Gasteiger partial charge in [-0.2, -0.15) is 11.8 Å². The summed E-state index contributed by atoms with van der Waals surface area (Å²) in [6.07, 6.45) is 2.22. The van der Waals surface area contributed by atoms with E-state index in [4.69, 9.17) is 10.8 Å². The highest BCUT2D eigenvalue weighted by Crippen LogP contribution is 2.20. The fourth-order valence-electron chi connectivity index (χ4n) is 4.15. The molecule has 2 rings (SSSR count). The first-order valence-electron chi connectivity index (χ1n) is 12.6. The highest BCUT2D eigenvalue weighted by Gasteiger charge is 2.38. The molecule has 40 heavy (non-hydrogen) atoms. The number of nitrogens with one attached hydrogen (secondary N) is 3. The smallest absolute Gasteiger partial charge is 0.326 e. The number of nitrogens with zero attached hydrogens (tertiary/aromatic N) is 1. The predicted molar refractivity (Wildman–Crippen MR) is 144 cm³/mol. The third-order valence-corrected chi connectivity index (χ3v) is 6.87. The lowest BCUT2D eigenvalue weighted by atomic mass is 10.0. The van der Waals surface area contributed by atoms with E-state index >= 15 is 0 Å². The summed E-state index contributed by atoms with van der Waals surface area (Å²) in [5, 5.41) is 35.2. The van der Waals surface area contributed by atoms with Crippen LogP contribution in [0.3, 0.4) is 0 Å². The average Bonchev–Trinajstić information content (AvgIpc) is 3.40. The van der Waals surface area contributed by atoms with E-state index in [-0.39, 0.29) is 25.1 Å². The number of likely N-dealkylation sites (tertiary alicyclic amines) is 1. The molecule has 14 nitrogen and oxygen atoms in total. The maximum absolute atomic E-state index is 13.4. The molecule has 1 saturated heterocycles. The van der Waals surface area contributed by atoms with Crippen LogP contribution in [0.15, 0.2) is 24.3 Å². The Hall–Kier alpha value is -3.85. The van der Waals surface area contributed by atoms with Crippen LogP contribution in [0.25, 0.3) is 0 Å². The SMILES string of the molecule is CSCC[C@H](NC(=O)[C@H](Cc1ccc(O)cc1)NC(=O)CNC(=O)[C@@H](N)CC(=O)O)C(=O)N1CCC[C@H]1C(=O)O. The zero-order valence-corrected chi connectivity index (χ0v) is 22.8. The van der Waals surface area contributed by atoms with Gasteiger partial charge in [0, 0.05) is 13.0 Å². The third-order valence-electron chi connectivity index (χ3n) is 6.23. The molecule has 0 aliphatic carbocycles. The van der Waals surface area contributed by atoms with Crippen LogP contribution in [0, 0.1) is 0 Å². The molecule has 1 aliphatic heterocycles. The van der Waals surface area contributed by atoms with E-state index in [9.17, 15) is 39.0 Å². The van der Waals surface area contributed by atoms with Crippen molar-refractivity contribution in [2.75, 3.05) is 25.1 Å². The molecule has 1 heterocycles. The standard InChI is InChI=1S/C25H35N5O9S/c1-40-10-8-17(24(37)30-9-2-3-19(30)25(38)39)29-23(36)18(11-14-4-6-15(31)7-5-14)28-20(32)13-27-22(35)16(26)12-21(33)34/h4-7,16-19,31H,2-3,8-13,26H2,1H3,(H,27,35)(H,28,32)(H,29,36)(H,33,34)(H,38,39)/t16-,17-,18-,19-/m0/s1. The van der Waals surface area contributed by atoms with Crippen molar-refractivity contribution in [3.63, 3.8) is 0 Å². The number of aliphatic carboxylic acids is 2. The molecular weight excluding hydrogens is 546 g/mol. The zero-order valence-electron chi connectivity index (χ0n) is 22.0. The number of phenols is 1. The second-order valence-corrected chi connectivity index (χ2v) is 10.3. The van der Waals surface area contributed by atoms with Crippen LogP contribution < -0.4 is 21.7 Å². The van der Waals surface area contributed by atoms with Crippen molar-refractivity contribution in [3.8, 4) is 5.75 Å². The summed E-state index contributed by atoms with van der Waals surface area (Å²) < 4.78 is 0. The van der Waals surface area contributed by atoms with Gasteiger partial charge in [0.2, 0.25) is 23.6 Å². The molecule has 1 aromatic carbocycles. The number of carboxylic acids is 2. The van der Waals surface area contributed by atoms with Gasteiger partial charge in [-0.05, 0) is 49.0 Å². The number of nitrogens with two attached hydrogens (primary N) is 1. The second-order valence-electron chi connectivity index (χ2n) is 9.28. The Morgan fingerprint density at radius 1 is 1.05 bits per heavy atom. The Morgan fingerprint density at radius 2 is 1.73 bits per heavy atom. The van der Waals surface area contributed by atoms with E-state index < -0.39 is 72.7 Å². The Balaban J connectivity index is 2.17. The third kappa shape index (κ3) is 10.0. The molecular formula is C25H35N5O9S. The van der Waals surface area contributed by atoms with Gasteiger partial charge in [0.1, 0.15) is 23.9 Å². The minimum Gasteiger partial charge on any atom is -0.508 e. The number of amides is 4. The number of hydrogen-bond donors (Lipinski definition) is 7. The normalized spacial score (nSPS) is 16.9. The van der Waals surface area contributed by atoms with E-state index in [2.05, 4.69) is 16.0 Å². The molecule has 1 aliphatic rings. The molecule has 0 unspecified atom stereocenters. The Morgan fingerprint density at radius 3 is 2.33 bits per heavy atom. The minimum atomic E-state index is -1.37. The minimum absolute atomic E-state index is 0.00415. The highest BCUT2D eigenvalue weighted by atomic mass is 32.2. The van der Waals surface area contributed by atoms with Crippen molar-refractivity contribution in [1.82, 2.24) is 20.9 Å². The lowest BCUT2D eigenvalue weighted by Gasteiger charge is -2.28. The Bertz CT molecular complexity index is 1080. The Labute approximate surface area is 235 Å². The molecule has 1 fully saturated rings. The van der Waals surface area contributed by atoms with E-state index in [0.717, 1.165) is 0 Å². The summed E-state index contributed by atoms with van der Waals surface area (Å²) in [5.41, 5.74) is 6.06. The predicted octanol–water partition coefficient (Wildman–Crippen LogP) is -1.35. The van der Waals surface area contributed by atoms with Crippen LogP contribution in [0.4, 0.5) is 0 Å². The lowest BCUT2D eigenvalue weighted by molar-refractivity contribution is -0.149. The molecule has 1 aromatic rings. The zero-order chi connectivity index (χ0) is 29.8. The monoisotopic (exact) mass is 581 g/mol. The van der Waals surface area contributed by atoms with Gasteiger partial charge in [0.05, 0.1) is 19.0 Å². The van der Waals surface area contributed by atoms with Crippen LogP contribution in [-0.4, -0.2) is 105 Å². The lowest BCUT2D eigenvalue weighted by Crippen LogP contribution is -2.57. The van der Waals surface area contributed by atoms with Gasteiger partial charge in [0.15, 0.2) is 0 Å². The maximum Gasteiger partial charge on any atom is 0.326 e. The summed E-state index contributed by atoms with van der Waals surface area (Å²) in [4.78, 5) is 74.9. The van der Waals surface area contributed by atoms with Gasteiger partial charge >= 0.3 is 11.9 Å². The first-order valence-corrected chi connectivity index (χ1v) is 14.0. The number of benzene rings is 1. The van der Waals surface area contributed by atoms with Crippen molar-refractivity contribution in [2.45, 2.75) is 56.3 Å². The molecule has 0 saturated carbocycles. The fraction of sp³-hybridized carbons (Fsp3) is 0.520. The van der Waals surface area contributed by atoms with Gasteiger partial charge in [-0.25, -0.2) is 4.79 Å². The Kier molecular flexibility index (Phi) is 12.7. The van der Waals surface area contributed by atoms with Crippen LogP contribution >= 0.6 is 11.8 Å². The van der Waals surface area contributed by atoms with Crippen LogP contribution in [0.1, 0.15) is 31.2 Å². The molecule has 0 radical (unpaired) electrons. The van der Waals surface area contributed by atoms with Crippen molar-refractivity contribution in [1.29, 1.82) is 0 Å². The van der Waals surface area contributed by atoms with Gasteiger partial charge in [-0.1, -0.05) is 12.1 Å². The number of thioether (sulfide) groups is 1.